The maximum absolute atomic E-state index is 14.4. The lowest BCUT2D eigenvalue weighted by atomic mass is 9.96. The van der Waals surface area contributed by atoms with E-state index in [1.807, 2.05) is 0 Å². The minimum absolute atomic E-state index is 0.116. The maximum atomic E-state index is 14.4. The average molecular weight is 501 g/mol. The normalized spacial score (nSPS) is 15.9. The summed E-state index contributed by atoms with van der Waals surface area (Å²) in [4.78, 5) is 31.6. The summed E-state index contributed by atoms with van der Waals surface area (Å²) in [6.45, 7) is 5.21. The van der Waals surface area contributed by atoms with Crippen molar-refractivity contribution in [3.8, 4) is 5.75 Å². The van der Waals surface area contributed by atoms with Gasteiger partial charge in [-0.15, -0.1) is 0 Å². The Morgan fingerprint density at radius 2 is 1.94 bits per heavy atom. The number of methoxy groups -OCH3 is 1. The number of hydrogen-bond donors (Lipinski definition) is 0. The molecule has 0 N–H and O–H groups in total. The minimum Gasteiger partial charge on any atom is -0.497 e. The topological polar surface area (TPSA) is 69.9 Å². The molecule has 0 saturated heterocycles. The van der Waals surface area contributed by atoms with Gasteiger partial charge in [-0.05, 0) is 56.7 Å². The van der Waals surface area contributed by atoms with Crippen LogP contribution in [0.15, 0.2) is 63.5 Å². The fourth-order valence-corrected chi connectivity index (χ4v) is 4.99. The predicted molar refractivity (Wildman–Crippen MR) is 129 cm³/mol. The molecule has 0 unspecified atom stereocenters. The summed E-state index contributed by atoms with van der Waals surface area (Å²) >= 11 is 7.27. The Morgan fingerprint density at radius 1 is 1.24 bits per heavy atom. The molecule has 1 aromatic heterocycles. The van der Waals surface area contributed by atoms with E-state index in [2.05, 4.69) is 4.99 Å². The number of rotatable bonds is 5. The lowest BCUT2D eigenvalue weighted by molar-refractivity contribution is -0.143. The molecule has 9 heteroatoms. The Hall–Kier alpha value is -3.23. The number of halogens is 2. The van der Waals surface area contributed by atoms with Crippen LogP contribution >= 0.6 is 22.9 Å². The molecule has 1 aliphatic rings. The van der Waals surface area contributed by atoms with E-state index in [9.17, 15) is 14.0 Å². The van der Waals surface area contributed by atoms with Gasteiger partial charge in [-0.3, -0.25) is 9.36 Å². The standard InChI is InChI=1S/C25H22ClFN2O4S/c1-13(2)33-24(31)21-14(3)28-25-29(22(21)15-8-10-16(32-4)11-9-15)23(30)20(34-25)12-17-18(26)6-5-7-19(17)27/h5-13,22H,1-4H3/b20-12+/t22-/m0/s1. The smallest absolute Gasteiger partial charge is 0.338 e. The van der Waals surface area contributed by atoms with Gasteiger partial charge < -0.3 is 9.47 Å². The van der Waals surface area contributed by atoms with Crippen molar-refractivity contribution >= 4 is 35.0 Å². The Morgan fingerprint density at radius 3 is 2.56 bits per heavy atom. The van der Waals surface area contributed by atoms with Crippen molar-refractivity contribution in [1.82, 2.24) is 4.57 Å². The van der Waals surface area contributed by atoms with Gasteiger partial charge in [0.15, 0.2) is 4.80 Å². The highest BCUT2D eigenvalue weighted by atomic mass is 35.5. The van der Waals surface area contributed by atoms with Crippen LogP contribution in [0.2, 0.25) is 5.02 Å². The predicted octanol–water partition coefficient (Wildman–Crippen LogP) is 3.99. The molecule has 176 valence electrons. The highest BCUT2D eigenvalue weighted by molar-refractivity contribution is 7.07. The molecular formula is C25H22ClFN2O4S. The zero-order chi connectivity index (χ0) is 24.6. The van der Waals surface area contributed by atoms with Gasteiger partial charge in [0.05, 0.1) is 40.1 Å². The Kier molecular flexibility index (Phi) is 6.72. The first kappa shape index (κ1) is 23.9. The summed E-state index contributed by atoms with van der Waals surface area (Å²) in [6.07, 6.45) is 1.06. The summed E-state index contributed by atoms with van der Waals surface area (Å²) in [6, 6.07) is 10.6. The van der Waals surface area contributed by atoms with E-state index in [0.717, 1.165) is 11.3 Å². The Labute approximate surface area is 204 Å². The second-order valence-electron chi connectivity index (χ2n) is 7.94. The molecule has 1 atom stereocenters. The number of ether oxygens (including phenoxy) is 2. The molecule has 34 heavy (non-hydrogen) atoms. The summed E-state index contributed by atoms with van der Waals surface area (Å²) in [5.41, 5.74) is 1.10. The van der Waals surface area contributed by atoms with E-state index in [1.165, 1.54) is 22.8 Å². The number of benzene rings is 2. The largest absolute Gasteiger partial charge is 0.497 e. The van der Waals surface area contributed by atoms with Gasteiger partial charge in [-0.1, -0.05) is 41.1 Å². The second kappa shape index (κ2) is 9.56. The third kappa shape index (κ3) is 4.43. The van der Waals surface area contributed by atoms with Crippen molar-refractivity contribution in [1.29, 1.82) is 0 Å². The van der Waals surface area contributed by atoms with Gasteiger partial charge in [0.1, 0.15) is 11.6 Å². The van der Waals surface area contributed by atoms with E-state index in [0.29, 0.717) is 21.8 Å². The van der Waals surface area contributed by atoms with Gasteiger partial charge in [0.2, 0.25) is 0 Å². The number of carbonyl (C=O) groups is 1. The summed E-state index contributed by atoms with van der Waals surface area (Å²) in [5, 5.41) is 0.190. The first-order chi connectivity index (χ1) is 16.2. The summed E-state index contributed by atoms with van der Waals surface area (Å²) in [5.74, 6) is -0.455. The first-order valence-corrected chi connectivity index (χ1v) is 11.7. The quantitative estimate of drug-likeness (QED) is 0.497. The number of carbonyl (C=O) groups excluding carboxylic acids is 1. The van der Waals surface area contributed by atoms with E-state index < -0.39 is 23.4 Å². The van der Waals surface area contributed by atoms with Gasteiger partial charge in [0.25, 0.3) is 5.56 Å². The molecule has 0 aliphatic carbocycles. The molecule has 1 aliphatic heterocycles. The zero-order valence-corrected chi connectivity index (χ0v) is 20.5. The van der Waals surface area contributed by atoms with Crippen LogP contribution in [-0.2, 0) is 9.53 Å². The van der Waals surface area contributed by atoms with Crippen LogP contribution in [-0.4, -0.2) is 23.8 Å². The van der Waals surface area contributed by atoms with Crippen molar-refractivity contribution in [3.05, 3.63) is 95.4 Å². The van der Waals surface area contributed by atoms with Crippen LogP contribution in [0, 0.1) is 5.82 Å². The molecule has 0 radical (unpaired) electrons. The number of thiazole rings is 1. The maximum Gasteiger partial charge on any atom is 0.338 e. The molecule has 3 aromatic rings. The third-order valence-corrected chi connectivity index (χ3v) is 6.60. The third-order valence-electron chi connectivity index (χ3n) is 5.29. The van der Waals surface area contributed by atoms with Gasteiger partial charge in [0, 0.05) is 5.56 Å². The number of hydrogen-bond acceptors (Lipinski definition) is 6. The van der Waals surface area contributed by atoms with Gasteiger partial charge >= 0.3 is 5.97 Å². The molecule has 0 amide bonds. The number of allylic oxidation sites excluding steroid dienone is 1. The molecule has 6 nitrogen and oxygen atoms in total. The van der Waals surface area contributed by atoms with Crippen molar-refractivity contribution in [2.24, 2.45) is 4.99 Å². The molecule has 0 saturated carbocycles. The van der Waals surface area contributed by atoms with E-state index in [-0.39, 0.29) is 26.8 Å². The highest BCUT2D eigenvalue weighted by Gasteiger charge is 2.33. The molecule has 0 fully saturated rings. The van der Waals surface area contributed by atoms with Crippen LogP contribution in [0.1, 0.15) is 37.9 Å². The van der Waals surface area contributed by atoms with Gasteiger partial charge in [-0.25, -0.2) is 14.2 Å². The molecule has 0 bridgehead atoms. The van der Waals surface area contributed by atoms with Crippen molar-refractivity contribution < 1.29 is 18.7 Å². The summed E-state index contributed by atoms with van der Waals surface area (Å²) in [7, 11) is 1.56. The fraction of sp³-hybridized carbons (Fsp3) is 0.240. The molecule has 4 rings (SSSR count). The number of nitrogens with zero attached hydrogens (tertiary/aromatic N) is 2. The van der Waals surface area contributed by atoms with Crippen molar-refractivity contribution in [3.63, 3.8) is 0 Å². The van der Waals surface area contributed by atoms with E-state index >= 15 is 0 Å². The molecular weight excluding hydrogens is 479 g/mol. The lowest BCUT2D eigenvalue weighted by Crippen LogP contribution is -2.40. The monoisotopic (exact) mass is 500 g/mol. The van der Waals surface area contributed by atoms with E-state index in [4.69, 9.17) is 21.1 Å². The summed E-state index contributed by atoms with van der Waals surface area (Å²) < 4.78 is 26.8. The number of esters is 1. The number of fused-ring (bicyclic) bond motifs is 1. The molecule has 2 heterocycles. The average Bonchev–Trinajstić information content (AvgIpc) is 3.09. The SMILES string of the molecule is COc1ccc([C@H]2C(C(=O)OC(C)C)=C(C)N=c3s/c(=C/c4c(F)cccc4Cl)c(=O)n32)cc1. The van der Waals surface area contributed by atoms with Crippen LogP contribution < -0.4 is 19.6 Å². The van der Waals surface area contributed by atoms with Crippen LogP contribution in [0.3, 0.4) is 0 Å². The van der Waals surface area contributed by atoms with Crippen LogP contribution in [0.5, 0.6) is 5.75 Å². The first-order valence-electron chi connectivity index (χ1n) is 10.5. The zero-order valence-electron chi connectivity index (χ0n) is 19.0. The van der Waals surface area contributed by atoms with Crippen molar-refractivity contribution in [2.45, 2.75) is 32.9 Å². The lowest BCUT2D eigenvalue weighted by Gasteiger charge is -2.25. The van der Waals surface area contributed by atoms with Crippen LogP contribution in [0.25, 0.3) is 6.08 Å². The van der Waals surface area contributed by atoms with E-state index in [1.54, 1.807) is 58.2 Å². The highest BCUT2D eigenvalue weighted by Crippen LogP contribution is 2.32. The Balaban J connectivity index is 1.97. The molecule has 0 spiro atoms. The number of aromatic nitrogens is 1. The minimum atomic E-state index is -0.772. The van der Waals surface area contributed by atoms with Crippen LogP contribution in [0.4, 0.5) is 4.39 Å². The molecule has 2 aromatic carbocycles. The second-order valence-corrected chi connectivity index (χ2v) is 9.36. The fourth-order valence-electron chi connectivity index (χ4n) is 3.74. The van der Waals surface area contributed by atoms with Crippen molar-refractivity contribution in [2.75, 3.05) is 7.11 Å². The Bertz CT molecular complexity index is 1450. The van der Waals surface area contributed by atoms with Gasteiger partial charge in [-0.2, -0.15) is 0 Å².